The number of aromatic amines is 3. The number of rotatable bonds is 0. The van der Waals surface area contributed by atoms with Gasteiger partial charge in [-0.15, -0.1) is 0 Å². The lowest BCUT2D eigenvalue weighted by molar-refractivity contribution is 0.380. The van der Waals surface area contributed by atoms with Gasteiger partial charge < -0.3 is 24.7 Å². The molecule has 0 atom stereocenters. The molecule has 0 amide bonds. The van der Waals surface area contributed by atoms with E-state index in [4.69, 9.17) is 31.9 Å². The molecule has 3 heterocycles. The van der Waals surface area contributed by atoms with Crippen molar-refractivity contribution in [2.24, 2.45) is 0 Å². The van der Waals surface area contributed by atoms with Gasteiger partial charge in [-0.3, -0.25) is 13.7 Å². The van der Waals surface area contributed by atoms with Crippen molar-refractivity contribution in [2.45, 2.75) is 0 Å². The molecule has 3 aromatic heterocycles. The van der Waals surface area contributed by atoms with Crippen molar-refractivity contribution < 1.29 is 31.9 Å². The molecule has 0 bridgehead atoms. The summed E-state index contributed by atoms with van der Waals surface area (Å²) < 4.78 is 40.3. The van der Waals surface area contributed by atoms with Crippen LogP contribution in [-0.4, -0.2) is 57.2 Å². The normalized spacial score (nSPS) is 8.88. The Hall–Kier alpha value is -2.35. The molecular formula is C9H17N6O7PS. The van der Waals surface area contributed by atoms with E-state index in [1.54, 1.807) is 56.2 Å². The highest BCUT2D eigenvalue weighted by atomic mass is 32.3. The molecule has 0 spiro atoms. The highest BCUT2D eigenvalue weighted by Gasteiger charge is 1.84. The molecule has 3 aromatic rings. The first-order valence-electron chi connectivity index (χ1n) is 5.63. The third-order valence-electron chi connectivity index (χ3n) is 1.22. The topological polar surface area (TPSA) is 218 Å². The van der Waals surface area contributed by atoms with Crippen LogP contribution in [-0.2, 0) is 15.0 Å². The van der Waals surface area contributed by atoms with Crippen LogP contribution in [0.25, 0.3) is 0 Å². The minimum atomic E-state index is -4.67. The molecule has 0 fully saturated rings. The van der Waals surface area contributed by atoms with Crippen LogP contribution in [0, 0.1) is 0 Å². The van der Waals surface area contributed by atoms with Crippen molar-refractivity contribution in [3.05, 3.63) is 56.2 Å². The predicted octanol–water partition coefficient (Wildman–Crippen LogP) is -0.0630. The summed E-state index contributed by atoms with van der Waals surface area (Å²) in [7, 11) is -7.80. The fourth-order valence-corrected chi connectivity index (χ4v) is 0.645. The van der Waals surface area contributed by atoms with Crippen LogP contribution in [0.5, 0.6) is 0 Å². The van der Waals surface area contributed by atoms with Gasteiger partial charge in [-0.05, 0) is 0 Å². The molecule has 0 saturated carbocycles. The van der Waals surface area contributed by atoms with E-state index in [-0.39, 0.29) is 0 Å². The molecule has 0 radical (unpaired) electrons. The van der Waals surface area contributed by atoms with Gasteiger partial charge in [-0.25, -0.2) is 15.0 Å². The Bertz CT molecular complexity index is 533. The maximum absolute atomic E-state index is 8.74. The summed E-state index contributed by atoms with van der Waals surface area (Å²) in [4.78, 5) is 33.6. The summed E-state index contributed by atoms with van der Waals surface area (Å²) in [6.07, 6.45) is 15.2. The second kappa shape index (κ2) is 17.0. The minimum Gasteiger partial charge on any atom is -0.351 e. The molecule has 13 nitrogen and oxygen atoms in total. The molecule has 0 unspecified atom stereocenters. The summed E-state index contributed by atoms with van der Waals surface area (Å²) in [5.74, 6) is 0. The van der Waals surface area contributed by atoms with E-state index in [9.17, 15) is 0 Å². The number of nitrogens with one attached hydrogen (secondary N) is 3. The maximum atomic E-state index is 8.74. The maximum Gasteiger partial charge on any atom is 0.394 e. The van der Waals surface area contributed by atoms with Crippen LogP contribution < -0.4 is 0 Å². The Kier molecular flexibility index (Phi) is 16.9. The second-order valence-electron chi connectivity index (χ2n) is 3.01. The Balaban J connectivity index is 0. The van der Waals surface area contributed by atoms with Gasteiger partial charge in [0.25, 0.3) is 0 Å². The van der Waals surface area contributed by atoms with Crippen molar-refractivity contribution >= 4 is 18.7 Å². The number of H-pyrrole nitrogens is 3. The van der Waals surface area contributed by atoms with Crippen molar-refractivity contribution in [1.29, 1.82) is 0 Å². The van der Waals surface area contributed by atoms with E-state index in [1.165, 1.54) is 0 Å². The van der Waals surface area contributed by atoms with E-state index in [2.05, 4.69) is 29.9 Å². The van der Waals surface area contributed by atoms with Crippen LogP contribution in [0.4, 0.5) is 0 Å². The highest BCUT2D eigenvalue weighted by Crippen LogP contribution is 1.98. The SMILES string of the molecule is O=S(=O)(O)O.O=[PH](O)O.c1c[nH]cn1.c1c[nH]cn1.c1c[nH]cn1. The Labute approximate surface area is 137 Å². The molecule has 15 heteroatoms. The quantitative estimate of drug-likeness (QED) is 0.202. The Morgan fingerprint density at radius 3 is 1.00 bits per heavy atom. The number of imidazole rings is 3. The van der Waals surface area contributed by atoms with Crippen LogP contribution in [0.3, 0.4) is 0 Å². The van der Waals surface area contributed by atoms with E-state index >= 15 is 0 Å². The highest BCUT2D eigenvalue weighted by molar-refractivity contribution is 7.79. The lowest BCUT2D eigenvalue weighted by Crippen LogP contribution is -1.89. The van der Waals surface area contributed by atoms with Crippen LogP contribution >= 0.6 is 8.25 Å². The van der Waals surface area contributed by atoms with Gasteiger partial charge in [0, 0.05) is 37.2 Å². The van der Waals surface area contributed by atoms with Crippen molar-refractivity contribution in [2.75, 3.05) is 0 Å². The lowest BCUT2D eigenvalue weighted by atomic mass is 11.0. The average Bonchev–Trinajstić information content (AvgIpc) is 3.24. The summed E-state index contributed by atoms with van der Waals surface area (Å²) in [6.45, 7) is 0. The number of hydrogen-bond donors (Lipinski definition) is 7. The molecule has 0 aliphatic rings. The summed E-state index contributed by atoms with van der Waals surface area (Å²) in [5, 5.41) is 0. The first kappa shape index (κ1) is 23.9. The lowest BCUT2D eigenvalue weighted by Gasteiger charge is -1.68. The molecule has 0 aliphatic heterocycles. The summed E-state index contributed by atoms with van der Waals surface area (Å²) >= 11 is 0. The average molecular weight is 384 g/mol. The van der Waals surface area contributed by atoms with E-state index < -0.39 is 18.7 Å². The molecule has 24 heavy (non-hydrogen) atoms. The fraction of sp³-hybridized carbons (Fsp3) is 0. The first-order chi connectivity index (χ1) is 11.2. The second-order valence-corrected chi connectivity index (χ2v) is 4.47. The Morgan fingerprint density at radius 1 is 0.750 bits per heavy atom. The van der Waals surface area contributed by atoms with Gasteiger partial charge in [-0.2, -0.15) is 8.42 Å². The molecule has 7 N–H and O–H groups in total. The number of hydrogen-bond acceptors (Lipinski definition) is 6. The Morgan fingerprint density at radius 2 is 0.958 bits per heavy atom. The number of aromatic nitrogens is 6. The van der Waals surface area contributed by atoms with Gasteiger partial charge in [-0.1, -0.05) is 0 Å². The monoisotopic (exact) mass is 384 g/mol. The fourth-order valence-electron chi connectivity index (χ4n) is 0.645. The summed E-state index contributed by atoms with van der Waals surface area (Å²) in [6, 6.07) is 0. The van der Waals surface area contributed by atoms with E-state index in [1.807, 2.05) is 0 Å². The van der Waals surface area contributed by atoms with Crippen molar-refractivity contribution in [3.8, 4) is 0 Å². The van der Waals surface area contributed by atoms with Gasteiger partial charge in [0.05, 0.1) is 19.0 Å². The van der Waals surface area contributed by atoms with Gasteiger partial charge >= 0.3 is 18.7 Å². The van der Waals surface area contributed by atoms with Gasteiger partial charge in [0.1, 0.15) is 0 Å². The van der Waals surface area contributed by atoms with Crippen molar-refractivity contribution in [1.82, 2.24) is 29.9 Å². The molecule has 0 aliphatic carbocycles. The largest absolute Gasteiger partial charge is 0.394 e. The zero-order valence-electron chi connectivity index (χ0n) is 12.0. The molecule has 136 valence electrons. The predicted molar refractivity (Wildman–Crippen MR) is 83.4 cm³/mol. The standard InChI is InChI=1S/3C3H4N2.H2O4S.H3O3P/c3*1-2-5-3-4-1;1-5(2,3)4;1-4(2)3/h3*1-3H,(H,4,5);(H2,1,2,3,4);4H,(H2,1,2,3). The van der Waals surface area contributed by atoms with Gasteiger partial charge in [0.15, 0.2) is 0 Å². The van der Waals surface area contributed by atoms with Gasteiger partial charge in [0.2, 0.25) is 0 Å². The third-order valence-corrected chi connectivity index (χ3v) is 1.22. The zero-order valence-corrected chi connectivity index (χ0v) is 13.8. The minimum absolute atomic E-state index is 1.62. The smallest absolute Gasteiger partial charge is 0.351 e. The first-order valence-corrected chi connectivity index (χ1v) is 8.33. The molecule has 3 rings (SSSR count). The van der Waals surface area contributed by atoms with Crippen LogP contribution in [0.2, 0.25) is 0 Å². The molecule has 0 saturated heterocycles. The molecular weight excluding hydrogens is 367 g/mol. The zero-order chi connectivity index (χ0) is 18.7. The third kappa shape index (κ3) is 42.7. The number of nitrogens with zero attached hydrogens (tertiary/aromatic N) is 3. The summed E-state index contributed by atoms with van der Waals surface area (Å²) in [5.41, 5.74) is 0. The van der Waals surface area contributed by atoms with Crippen LogP contribution in [0.1, 0.15) is 0 Å². The molecule has 0 aromatic carbocycles. The van der Waals surface area contributed by atoms with E-state index in [0.29, 0.717) is 0 Å². The van der Waals surface area contributed by atoms with E-state index in [0.717, 1.165) is 0 Å². The van der Waals surface area contributed by atoms with Crippen LogP contribution in [0.15, 0.2) is 56.2 Å². The van der Waals surface area contributed by atoms with Crippen molar-refractivity contribution in [3.63, 3.8) is 0 Å².